The van der Waals surface area contributed by atoms with E-state index >= 15 is 0 Å². The van der Waals surface area contributed by atoms with Crippen LogP contribution in [-0.4, -0.2) is 17.0 Å². The minimum atomic E-state index is -0.504. The summed E-state index contributed by atoms with van der Waals surface area (Å²) < 4.78 is 13.6. The van der Waals surface area contributed by atoms with Crippen LogP contribution in [0.4, 0.5) is 21.8 Å². The summed E-state index contributed by atoms with van der Waals surface area (Å²) in [6, 6.07) is 9.34. The van der Waals surface area contributed by atoms with Gasteiger partial charge in [0.2, 0.25) is 5.95 Å². The van der Waals surface area contributed by atoms with E-state index in [1.54, 1.807) is 11.9 Å². The molecule has 0 aliphatic rings. The van der Waals surface area contributed by atoms with Crippen LogP contribution in [0.5, 0.6) is 0 Å². The summed E-state index contributed by atoms with van der Waals surface area (Å²) >= 11 is 0. The number of aromatic nitrogens is 2. The molecule has 0 saturated carbocycles. The number of hydrogen-bond acceptors (Lipinski definition) is 5. The van der Waals surface area contributed by atoms with E-state index < -0.39 is 5.82 Å². The molecular formula is C11H12FN5. The molecule has 0 bridgehead atoms. The molecule has 0 saturated heterocycles. The Balaban J connectivity index is 2.40. The smallest absolute Gasteiger partial charge is 0.239 e. The number of rotatable bonds is 3. The van der Waals surface area contributed by atoms with Gasteiger partial charge >= 0.3 is 0 Å². The number of hydrogen-bond donors (Lipinski definition) is 2. The van der Waals surface area contributed by atoms with Crippen molar-refractivity contribution in [2.24, 2.45) is 5.84 Å². The van der Waals surface area contributed by atoms with Gasteiger partial charge in [-0.1, -0.05) is 18.2 Å². The zero-order chi connectivity index (χ0) is 12.3. The number of para-hydroxylation sites is 1. The maximum absolute atomic E-state index is 13.6. The lowest BCUT2D eigenvalue weighted by Gasteiger charge is -2.18. The van der Waals surface area contributed by atoms with Gasteiger partial charge in [0.05, 0.1) is 6.20 Å². The van der Waals surface area contributed by atoms with Crippen molar-refractivity contribution in [1.29, 1.82) is 0 Å². The van der Waals surface area contributed by atoms with Crippen molar-refractivity contribution in [3.8, 4) is 0 Å². The number of nitrogens with one attached hydrogen (secondary N) is 1. The molecule has 17 heavy (non-hydrogen) atoms. The molecule has 2 aromatic rings. The third kappa shape index (κ3) is 2.31. The summed E-state index contributed by atoms with van der Waals surface area (Å²) in [5.41, 5.74) is 3.11. The van der Waals surface area contributed by atoms with Crippen LogP contribution in [0.2, 0.25) is 0 Å². The van der Waals surface area contributed by atoms with Crippen LogP contribution in [-0.2, 0) is 0 Å². The Kier molecular flexibility index (Phi) is 3.15. The van der Waals surface area contributed by atoms with E-state index in [4.69, 9.17) is 5.84 Å². The highest BCUT2D eigenvalue weighted by Gasteiger charge is 2.12. The van der Waals surface area contributed by atoms with E-state index in [1.165, 1.54) is 0 Å². The summed E-state index contributed by atoms with van der Waals surface area (Å²) in [5, 5.41) is 0. The lowest BCUT2D eigenvalue weighted by molar-refractivity contribution is 0.614. The van der Waals surface area contributed by atoms with Gasteiger partial charge in [0.15, 0.2) is 11.6 Å². The van der Waals surface area contributed by atoms with Crippen molar-refractivity contribution in [2.45, 2.75) is 0 Å². The standard InChI is InChI=1S/C11H12FN5/c1-17(8-5-3-2-4-6-8)10-9(12)7-14-11(15-10)16-13/h2-7H,13H2,1H3,(H,14,15,16). The molecule has 1 aromatic carbocycles. The normalized spacial score (nSPS) is 10.1. The second-order valence-corrected chi connectivity index (χ2v) is 3.40. The van der Waals surface area contributed by atoms with Crippen molar-refractivity contribution in [1.82, 2.24) is 9.97 Å². The fraction of sp³-hybridized carbons (Fsp3) is 0.0909. The highest BCUT2D eigenvalue weighted by atomic mass is 19.1. The van der Waals surface area contributed by atoms with Crippen LogP contribution in [0.25, 0.3) is 0 Å². The number of benzene rings is 1. The van der Waals surface area contributed by atoms with Gasteiger partial charge in [0.1, 0.15) is 0 Å². The SMILES string of the molecule is CN(c1ccccc1)c1nc(NN)ncc1F. The Morgan fingerprint density at radius 2 is 2.00 bits per heavy atom. The second kappa shape index (κ2) is 4.75. The zero-order valence-electron chi connectivity index (χ0n) is 9.26. The van der Waals surface area contributed by atoms with Gasteiger partial charge in [-0.25, -0.2) is 15.2 Å². The molecule has 0 atom stereocenters. The van der Waals surface area contributed by atoms with Crippen LogP contribution >= 0.6 is 0 Å². The maximum Gasteiger partial charge on any atom is 0.239 e. The molecule has 5 nitrogen and oxygen atoms in total. The number of nitrogens with zero attached hydrogens (tertiary/aromatic N) is 3. The Morgan fingerprint density at radius 3 is 2.65 bits per heavy atom. The van der Waals surface area contributed by atoms with Gasteiger partial charge in [-0.15, -0.1) is 0 Å². The Hall–Kier alpha value is -2.21. The first kappa shape index (κ1) is 11.3. The van der Waals surface area contributed by atoms with E-state index in [0.717, 1.165) is 11.9 Å². The summed E-state index contributed by atoms with van der Waals surface area (Å²) in [6.07, 6.45) is 1.08. The van der Waals surface area contributed by atoms with Crippen molar-refractivity contribution in [3.05, 3.63) is 42.3 Å². The predicted octanol–water partition coefficient (Wildman–Crippen LogP) is 1.67. The molecule has 0 radical (unpaired) electrons. The van der Waals surface area contributed by atoms with E-state index in [1.807, 2.05) is 30.3 Å². The lowest BCUT2D eigenvalue weighted by Crippen LogP contribution is -2.17. The molecule has 0 aliphatic carbocycles. The topological polar surface area (TPSA) is 67.1 Å². The van der Waals surface area contributed by atoms with Gasteiger partial charge in [-0.05, 0) is 12.1 Å². The quantitative estimate of drug-likeness (QED) is 0.623. The van der Waals surface area contributed by atoms with Crippen LogP contribution in [0.1, 0.15) is 0 Å². The molecule has 0 spiro atoms. The minimum Gasteiger partial charge on any atom is -0.327 e. The molecule has 6 heteroatoms. The van der Waals surface area contributed by atoms with Crippen molar-refractivity contribution >= 4 is 17.5 Å². The highest BCUT2D eigenvalue weighted by Crippen LogP contribution is 2.23. The van der Waals surface area contributed by atoms with Gasteiger partial charge in [-0.3, -0.25) is 5.43 Å². The van der Waals surface area contributed by atoms with Gasteiger partial charge in [-0.2, -0.15) is 4.98 Å². The number of nitrogen functional groups attached to an aromatic ring is 1. The molecule has 2 rings (SSSR count). The fourth-order valence-corrected chi connectivity index (χ4v) is 1.44. The molecular weight excluding hydrogens is 221 g/mol. The molecule has 88 valence electrons. The van der Waals surface area contributed by atoms with E-state index in [0.29, 0.717) is 0 Å². The largest absolute Gasteiger partial charge is 0.327 e. The molecule has 1 heterocycles. The Labute approximate surface area is 98.1 Å². The van der Waals surface area contributed by atoms with Gasteiger partial charge < -0.3 is 4.90 Å². The third-order valence-electron chi connectivity index (χ3n) is 2.32. The molecule has 0 fully saturated rings. The first-order valence-corrected chi connectivity index (χ1v) is 5.00. The summed E-state index contributed by atoms with van der Waals surface area (Å²) in [4.78, 5) is 9.28. The maximum atomic E-state index is 13.6. The third-order valence-corrected chi connectivity index (χ3v) is 2.32. The first-order chi connectivity index (χ1) is 8.22. The van der Waals surface area contributed by atoms with E-state index in [2.05, 4.69) is 15.4 Å². The number of halogens is 1. The number of anilines is 3. The summed E-state index contributed by atoms with van der Waals surface area (Å²) in [5.74, 6) is 5.02. The molecule has 0 amide bonds. The summed E-state index contributed by atoms with van der Waals surface area (Å²) in [6.45, 7) is 0. The monoisotopic (exact) mass is 233 g/mol. The van der Waals surface area contributed by atoms with Crippen LogP contribution in [0.3, 0.4) is 0 Å². The highest BCUT2D eigenvalue weighted by molar-refractivity contribution is 5.59. The van der Waals surface area contributed by atoms with Crippen molar-refractivity contribution in [2.75, 3.05) is 17.4 Å². The van der Waals surface area contributed by atoms with Crippen molar-refractivity contribution < 1.29 is 4.39 Å². The van der Waals surface area contributed by atoms with Crippen LogP contribution < -0.4 is 16.2 Å². The molecule has 0 unspecified atom stereocenters. The van der Waals surface area contributed by atoms with Crippen LogP contribution in [0, 0.1) is 5.82 Å². The average molecular weight is 233 g/mol. The minimum absolute atomic E-state index is 0.166. The van der Waals surface area contributed by atoms with Crippen LogP contribution in [0.15, 0.2) is 36.5 Å². The van der Waals surface area contributed by atoms with E-state index in [-0.39, 0.29) is 11.8 Å². The van der Waals surface area contributed by atoms with Gasteiger partial charge in [0, 0.05) is 12.7 Å². The Bertz CT molecular complexity index is 502. The van der Waals surface area contributed by atoms with E-state index in [9.17, 15) is 4.39 Å². The lowest BCUT2D eigenvalue weighted by atomic mass is 10.3. The number of hydrazine groups is 1. The summed E-state index contributed by atoms with van der Waals surface area (Å²) in [7, 11) is 1.72. The molecule has 0 aliphatic heterocycles. The first-order valence-electron chi connectivity index (χ1n) is 5.00. The average Bonchev–Trinajstić information content (AvgIpc) is 2.39. The zero-order valence-corrected chi connectivity index (χ0v) is 9.26. The predicted molar refractivity (Wildman–Crippen MR) is 64.3 cm³/mol. The number of nitrogens with two attached hydrogens (primary N) is 1. The Morgan fingerprint density at radius 1 is 1.29 bits per heavy atom. The molecule has 3 N–H and O–H groups in total. The molecule has 1 aromatic heterocycles. The van der Waals surface area contributed by atoms with Gasteiger partial charge in [0.25, 0.3) is 0 Å². The fourth-order valence-electron chi connectivity index (χ4n) is 1.44. The van der Waals surface area contributed by atoms with Crippen molar-refractivity contribution in [3.63, 3.8) is 0 Å². The second-order valence-electron chi connectivity index (χ2n) is 3.40.